The lowest BCUT2D eigenvalue weighted by Gasteiger charge is -2.20. The van der Waals surface area contributed by atoms with Crippen molar-refractivity contribution < 1.29 is 17.9 Å². The normalized spacial score (nSPS) is 16.6. The fourth-order valence-electron chi connectivity index (χ4n) is 4.59. The van der Waals surface area contributed by atoms with E-state index in [0.29, 0.717) is 66.3 Å². The summed E-state index contributed by atoms with van der Waals surface area (Å²) in [5, 5.41) is 6.60. The molecule has 0 saturated heterocycles. The van der Waals surface area contributed by atoms with Crippen LogP contribution in [0.25, 0.3) is 10.6 Å². The highest BCUT2D eigenvalue weighted by Crippen LogP contribution is 2.30. The largest absolute Gasteiger partial charge is 0.477 e. The Balaban J connectivity index is 1.31. The second-order valence-electron chi connectivity index (χ2n) is 9.77. The molecule has 39 heavy (non-hydrogen) atoms. The van der Waals surface area contributed by atoms with Crippen molar-refractivity contribution in [2.75, 3.05) is 17.9 Å². The molecule has 1 unspecified atom stereocenters. The lowest BCUT2D eigenvalue weighted by molar-refractivity contribution is 0.0933. The number of rotatable bonds is 13. The second kappa shape index (κ2) is 12.3. The molecule has 1 atom stereocenters. The quantitative estimate of drug-likeness (QED) is 0.279. The van der Waals surface area contributed by atoms with E-state index in [2.05, 4.69) is 35.3 Å². The van der Waals surface area contributed by atoms with Gasteiger partial charge in [-0.2, -0.15) is 0 Å². The fraction of sp³-hybridized carbons (Fsp3) is 0.500. The molecule has 3 heterocycles. The van der Waals surface area contributed by atoms with Gasteiger partial charge >= 0.3 is 0 Å². The standard InChI is InChI=1S/C26H33N7O4S2/c1-2-37-24-16-27-14-22(31-24)23-15-30-26(38-23)25(34)32-20(10-12-28-17-5-3-4-6-17)21-13-18(9-11-29-21)33-39(35,36)19-7-8-19/h9,11,13-17,19-20,28H,2-8,10,12H2,1H3,(H,29,33)(H,32,34). The van der Waals surface area contributed by atoms with Gasteiger partial charge in [0.2, 0.25) is 15.9 Å². The summed E-state index contributed by atoms with van der Waals surface area (Å²) in [5.74, 6) is 0.0734. The van der Waals surface area contributed by atoms with Gasteiger partial charge in [0.05, 0.1) is 46.6 Å². The molecule has 2 aliphatic carbocycles. The Hall–Kier alpha value is -3.16. The predicted octanol–water partition coefficient (Wildman–Crippen LogP) is 3.69. The van der Waals surface area contributed by atoms with Crippen molar-refractivity contribution in [3.05, 3.63) is 47.6 Å². The maximum atomic E-state index is 13.3. The van der Waals surface area contributed by atoms with Crippen LogP contribution in [0.15, 0.2) is 36.9 Å². The number of amides is 1. The van der Waals surface area contributed by atoms with Gasteiger partial charge in [0.15, 0.2) is 5.01 Å². The second-order valence-corrected chi connectivity index (χ2v) is 12.8. The summed E-state index contributed by atoms with van der Waals surface area (Å²) in [6, 6.07) is 3.37. The monoisotopic (exact) mass is 571 g/mol. The average Bonchev–Trinajstić information content (AvgIpc) is 3.46. The van der Waals surface area contributed by atoms with Crippen LogP contribution >= 0.6 is 11.3 Å². The van der Waals surface area contributed by atoms with Crippen molar-refractivity contribution >= 4 is 33.0 Å². The Morgan fingerprint density at radius 1 is 1.15 bits per heavy atom. The van der Waals surface area contributed by atoms with Crippen LogP contribution in [0.3, 0.4) is 0 Å². The van der Waals surface area contributed by atoms with Crippen LogP contribution in [0, 0.1) is 0 Å². The van der Waals surface area contributed by atoms with Gasteiger partial charge in [0.1, 0.15) is 5.69 Å². The molecule has 3 N–H and O–H groups in total. The number of nitrogens with one attached hydrogen (secondary N) is 3. The summed E-state index contributed by atoms with van der Waals surface area (Å²) in [6.45, 7) is 3.04. The minimum Gasteiger partial charge on any atom is -0.477 e. The smallest absolute Gasteiger partial charge is 0.280 e. The molecule has 2 aliphatic rings. The zero-order chi connectivity index (χ0) is 27.2. The van der Waals surface area contributed by atoms with E-state index in [-0.39, 0.29) is 16.2 Å². The van der Waals surface area contributed by atoms with E-state index in [4.69, 9.17) is 4.74 Å². The molecule has 0 radical (unpaired) electrons. The minimum atomic E-state index is -3.41. The van der Waals surface area contributed by atoms with Gasteiger partial charge < -0.3 is 15.4 Å². The first-order valence-electron chi connectivity index (χ1n) is 13.3. The number of sulfonamides is 1. The summed E-state index contributed by atoms with van der Waals surface area (Å²) < 4.78 is 33.0. The molecule has 0 bridgehead atoms. The highest BCUT2D eigenvalue weighted by Gasteiger charge is 2.35. The number of hydrogen-bond acceptors (Lipinski definition) is 10. The molecule has 13 heteroatoms. The molecule has 5 rings (SSSR count). The number of carbonyl (C=O) groups is 1. The van der Waals surface area contributed by atoms with E-state index in [0.717, 1.165) is 12.8 Å². The van der Waals surface area contributed by atoms with E-state index >= 15 is 0 Å². The van der Waals surface area contributed by atoms with Crippen LogP contribution < -0.4 is 20.1 Å². The third-order valence-electron chi connectivity index (χ3n) is 6.74. The van der Waals surface area contributed by atoms with Crippen molar-refractivity contribution in [2.45, 2.75) is 69.2 Å². The topological polar surface area (TPSA) is 148 Å². The van der Waals surface area contributed by atoms with Gasteiger partial charge in [-0.3, -0.25) is 19.5 Å². The number of aromatic nitrogens is 4. The number of pyridine rings is 1. The Labute approximate surface area is 232 Å². The molecule has 208 valence electrons. The molecule has 0 aliphatic heterocycles. The number of thiazole rings is 1. The van der Waals surface area contributed by atoms with Crippen molar-refractivity contribution in [3.8, 4) is 16.5 Å². The van der Waals surface area contributed by atoms with Gasteiger partial charge in [-0.25, -0.2) is 18.4 Å². The third kappa shape index (κ3) is 7.28. The zero-order valence-corrected chi connectivity index (χ0v) is 23.4. The van der Waals surface area contributed by atoms with Crippen LogP contribution in [0.1, 0.15) is 73.4 Å². The molecular weight excluding hydrogens is 538 g/mol. The van der Waals surface area contributed by atoms with Gasteiger partial charge in [0.25, 0.3) is 5.91 Å². The summed E-state index contributed by atoms with van der Waals surface area (Å²) in [7, 11) is -3.41. The molecular formula is C26H33N7O4S2. The molecule has 3 aromatic rings. The van der Waals surface area contributed by atoms with Crippen molar-refractivity contribution in [1.82, 2.24) is 30.6 Å². The molecule has 0 spiro atoms. The summed E-state index contributed by atoms with van der Waals surface area (Å²) in [6.07, 6.45) is 13.0. The molecule has 2 fully saturated rings. The average molecular weight is 572 g/mol. The van der Waals surface area contributed by atoms with Crippen molar-refractivity contribution in [2.24, 2.45) is 0 Å². The molecule has 2 saturated carbocycles. The number of nitrogens with zero attached hydrogens (tertiary/aromatic N) is 4. The summed E-state index contributed by atoms with van der Waals surface area (Å²) >= 11 is 1.21. The third-order valence-corrected chi connectivity index (χ3v) is 9.63. The van der Waals surface area contributed by atoms with Gasteiger partial charge in [-0.15, -0.1) is 11.3 Å². The van der Waals surface area contributed by atoms with E-state index in [9.17, 15) is 13.2 Å². The first kappa shape index (κ1) is 27.4. The highest BCUT2D eigenvalue weighted by atomic mass is 32.2. The van der Waals surface area contributed by atoms with Gasteiger partial charge in [0, 0.05) is 18.4 Å². The highest BCUT2D eigenvalue weighted by molar-refractivity contribution is 7.93. The number of ether oxygens (including phenoxy) is 1. The molecule has 0 aromatic carbocycles. The lowest BCUT2D eigenvalue weighted by atomic mass is 10.1. The van der Waals surface area contributed by atoms with E-state index in [1.807, 2.05) is 6.92 Å². The maximum absolute atomic E-state index is 13.3. The number of hydrogen-bond donors (Lipinski definition) is 3. The minimum absolute atomic E-state index is 0.285. The van der Waals surface area contributed by atoms with Crippen LogP contribution in [0.2, 0.25) is 0 Å². The first-order chi connectivity index (χ1) is 18.9. The van der Waals surface area contributed by atoms with Crippen LogP contribution in [-0.2, 0) is 10.0 Å². The van der Waals surface area contributed by atoms with Crippen LogP contribution in [-0.4, -0.2) is 58.7 Å². The van der Waals surface area contributed by atoms with Gasteiger partial charge in [-0.05, 0) is 57.7 Å². The Bertz CT molecular complexity index is 1390. The molecule has 11 nitrogen and oxygen atoms in total. The Morgan fingerprint density at radius 2 is 1.97 bits per heavy atom. The lowest BCUT2D eigenvalue weighted by Crippen LogP contribution is -2.34. The number of carbonyl (C=O) groups excluding carboxylic acids is 1. The zero-order valence-electron chi connectivity index (χ0n) is 21.8. The van der Waals surface area contributed by atoms with E-state index < -0.39 is 16.1 Å². The molecule has 3 aromatic heterocycles. The number of anilines is 1. The SMILES string of the molecule is CCOc1cncc(-c2cnc(C(=O)NC(CCNC3CCCC3)c3cc(NS(=O)(=O)C4CC4)ccn3)s2)n1. The summed E-state index contributed by atoms with van der Waals surface area (Å²) in [5.41, 5.74) is 1.60. The molecule has 1 amide bonds. The van der Waals surface area contributed by atoms with Crippen LogP contribution in [0.5, 0.6) is 5.88 Å². The van der Waals surface area contributed by atoms with Crippen LogP contribution in [0.4, 0.5) is 5.69 Å². The maximum Gasteiger partial charge on any atom is 0.280 e. The van der Waals surface area contributed by atoms with Crippen molar-refractivity contribution in [1.29, 1.82) is 0 Å². The van der Waals surface area contributed by atoms with Crippen molar-refractivity contribution in [3.63, 3.8) is 0 Å². The van der Waals surface area contributed by atoms with E-state index in [1.165, 1.54) is 30.4 Å². The Kier molecular flexibility index (Phi) is 8.68. The Morgan fingerprint density at radius 3 is 2.74 bits per heavy atom. The fourth-order valence-corrected chi connectivity index (χ4v) is 6.74. The van der Waals surface area contributed by atoms with Gasteiger partial charge in [-0.1, -0.05) is 12.8 Å². The van der Waals surface area contributed by atoms with E-state index in [1.54, 1.807) is 30.7 Å². The summed E-state index contributed by atoms with van der Waals surface area (Å²) in [4.78, 5) is 31.4. The predicted molar refractivity (Wildman–Crippen MR) is 149 cm³/mol. The first-order valence-corrected chi connectivity index (χ1v) is 15.7.